The highest BCUT2D eigenvalue weighted by molar-refractivity contribution is 5.64. The summed E-state index contributed by atoms with van der Waals surface area (Å²) in [7, 11) is 0. The fourth-order valence-corrected chi connectivity index (χ4v) is 0.659. The van der Waals surface area contributed by atoms with E-state index in [0.717, 1.165) is 0 Å². The van der Waals surface area contributed by atoms with Gasteiger partial charge >= 0.3 is 0 Å². The van der Waals surface area contributed by atoms with Crippen LogP contribution in [0.3, 0.4) is 0 Å². The normalized spacial score (nSPS) is 37.8. The molecule has 2 atom stereocenters. The lowest BCUT2D eigenvalue weighted by Crippen LogP contribution is -2.30. The fourth-order valence-electron chi connectivity index (χ4n) is 0.659. The predicted molar refractivity (Wildman–Crippen MR) is 30.0 cm³/mol. The fraction of sp³-hybridized carbons (Fsp3) is 0.800. The van der Waals surface area contributed by atoms with Crippen molar-refractivity contribution >= 4 is 6.21 Å². The first-order chi connectivity index (χ1) is 3.80. The Kier molecular flexibility index (Phi) is 1.60. The Hall–Kier alpha value is -0.410. The first-order valence-corrected chi connectivity index (χ1v) is 2.67. The van der Waals surface area contributed by atoms with E-state index in [1.54, 1.807) is 0 Å². The monoisotopic (exact) mass is 115 g/mol. The average Bonchev–Trinajstić information content (AvgIpc) is 1.77. The molecule has 3 heteroatoms. The highest BCUT2D eigenvalue weighted by Gasteiger charge is 2.15. The highest BCUT2D eigenvalue weighted by atomic mass is 16.3. The minimum Gasteiger partial charge on any atom is -0.390 e. The lowest BCUT2D eigenvalue weighted by molar-refractivity contribution is 0.0540. The van der Waals surface area contributed by atoms with Crippen molar-refractivity contribution in [2.75, 3.05) is 6.54 Å². The van der Waals surface area contributed by atoms with Gasteiger partial charge in [-0.3, -0.25) is 4.99 Å². The van der Waals surface area contributed by atoms with E-state index in [4.69, 9.17) is 10.2 Å². The highest BCUT2D eigenvalue weighted by Crippen LogP contribution is 2.01. The Balaban J connectivity index is 2.47. The first-order valence-electron chi connectivity index (χ1n) is 2.67. The molecular weight excluding hydrogens is 106 g/mol. The van der Waals surface area contributed by atoms with Gasteiger partial charge in [0.15, 0.2) is 0 Å². The molecule has 0 aromatic rings. The second kappa shape index (κ2) is 2.24. The summed E-state index contributed by atoms with van der Waals surface area (Å²) in [6, 6.07) is 0. The van der Waals surface area contributed by atoms with Gasteiger partial charge in [-0.05, 0) is 6.42 Å². The molecule has 2 unspecified atom stereocenters. The molecule has 1 heterocycles. The van der Waals surface area contributed by atoms with Crippen molar-refractivity contribution in [3.63, 3.8) is 0 Å². The van der Waals surface area contributed by atoms with Crippen LogP contribution in [0.25, 0.3) is 0 Å². The maximum atomic E-state index is 8.84. The van der Waals surface area contributed by atoms with Crippen LogP contribution in [0.1, 0.15) is 6.42 Å². The molecule has 0 aliphatic carbocycles. The Morgan fingerprint density at radius 1 is 1.50 bits per heavy atom. The van der Waals surface area contributed by atoms with Crippen LogP contribution in [0.5, 0.6) is 0 Å². The van der Waals surface area contributed by atoms with Crippen LogP contribution >= 0.6 is 0 Å². The van der Waals surface area contributed by atoms with Gasteiger partial charge in [-0.15, -0.1) is 0 Å². The molecular formula is C5H9NO2. The number of hydrogen-bond donors (Lipinski definition) is 2. The van der Waals surface area contributed by atoms with Gasteiger partial charge in [0.05, 0.1) is 6.10 Å². The molecule has 0 saturated carbocycles. The van der Waals surface area contributed by atoms with E-state index < -0.39 is 12.2 Å². The number of rotatable bonds is 0. The Morgan fingerprint density at radius 2 is 2.25 bits per heavy atom. The Bertz CT molecular complexity index is 103. The van der Waals surface area contributed by atoms with Crippen molar-refractivity contribution < 1.29 is 10.2 Å². The number of hydrogen-bond acceptors (Lipinski definition) is 3. The minimum atomic E-state index is -0.733. The molecule has 0 amide bonds. The number of aliphatic imine (C=N–C) groups is 1. The molecule has 0 bridgehead atoms. The van der Waals surface area contributed by atoms with E-state index in [0.29, 0.717) is 13.0 Å². The topological polar surface area (TPSA) is 52.8 Å². The van der Waals surface area contributed by atoms with Crippen LogP contribution in [-0.2, 0) is 0 Å². The van der Waals surface area contributed by atoms with Crippen LogP contribution in [0.15, 0.2) is 4.99 Å². The summed E-state index contributed by atoms with van der Waals surface area (Å²) in [6.45, 7) is 0.637. The smallest absolute Gasteiger partial charge is 0.115 e. The van der Waals surface area contributed by atoms with E-state index >= 15 is 0 Å². The van der Waals surface area contributed by atoms with Gasteiger partial charge in [0.25, 0.3) is 0 Å². The van der Waals surface area contributed by atoms with Crippen LogP contribution in [0, 0.1) is 0 Å². The van der Waals surface area contributed by atoms with E-state index in [9.17, 15) is 0 Å². The molecule has 0 spiro atoms. The minimum absolute atomic E-state index is 0.581. The van der Waals surface area contributed by atoms with Gasteiger partial charge in [-0.1, -0.05) is 0 Å². The molecule has 0 saturated heterocycles. The van der Waals surface area contributed by atoms with E-state index in [-0.39, 0.29) is 0 Å². The van der Waals surface area contributed by atoms with Crippen molar-refractivity contribution in [2.24, 2.45) is 4.99 Å². The molecule has 2 N–H and O–H groups in total. The molecule has 8 heavy (non-hydrogen) atoms. The summed E-state index contributed by atoms with van der Waals surface area (Å²) >= 11 is 0. The van der Waals surface area contributed by atoms with Gasteiger partial charge in [0, 0.05) is 12.8 Å². The zero-order chi connectivity index (χ0) is 5.98. The molecule has 1 aliphatic heterocycles. The summed E-state index contributed by atoms with van der Waals surface area (Å²) in [6.07, 6.45) is 0.641. The summed E-state index contributed by atoms with van der Waals surface area (Å²) in [5.74, 6) is 0. The molecule has 1 aliphatic rings. The van der Waals surface area contributed by atoms with Crippen molar-refractivity contribution in [1.82, 2.24) is 0 Å². The van der Waals surface area contributed by atoms with E-state index in [2.05, 4.69) is 4.99 Å². The lowest BCUT2D eigenvalue weighted by Gasteiger charge is -2.15. The van der Waals surface area contributed by atoms with Crippen LogP contribution in [-0.4, -0.2) is 35.2 Å². The van der Waals surface area contributed by atoms with Gasteiger partial charge in [0.2, 0.25) is 0 Å². The van der Waals surface area contributed by atoms with Gasteiger partial charge in [0.1, 0.15) is 6.10 Å². The largest absolute Gasteiger partial charge is 0.390 e. The third kappa shape index (κ3) is 1.05. The van der Waals surface area contributed by atoms with E-state index in [1.807, 2.05) is 0 Å². The molecule has 0 aromatic heterocycles. The lowest BCUT2D eigenvalue weighted by atomic mass is 10.1. The van der Waals surface area contributed by atoms with Gasteiger partial charge < -0.3 is 10.2 Å². The third-order valence-corrected chi connectivity index (χ3v) is 1.21. The quantitative estimate of drug-likeness (QED) is 0.433. The molecule has 1 rings (SSSR count). The second-order valence-corrected chi connectivity index (χ2v) is 1.90. The van der Waals surface area contributed by atoms with Crippen molar-refractivity contribution in [2.45, 2.75) is 18.6 Å². The molecule has 46 valence electrons. The average molecular weight is 115 g/mol. The predicted octanol–water partition coefficient (Wildman–Crippen LogP) is -0.817. The van der Waals surface area contributed by atoms with Gasteiger partial charge in [-0.25, -0.2) is 0 Å². The van der Waals surface area contributed by atoms with Crippen LogP contribution in [0.2, 0.25) is 0 Å². The van der Waals surface area contributed by atoms with Crippen LogP contribution < -0.4 is 0 Å². The maximum Gasteiger partial charge on any atom is 0.115 e. The zero-order valence-electron chi connectivity index (χ0n) is 4.49. The number of nitrogens with zero attached hydrogens (tertiary/aromatic N) is 1. The summed E-state index contributed by atoms with van der Waals surface area (Å²) in [5, 5.41) is 17.6. The summed E-state index contributed by atoms with van der Waals surface area (Å²) < 4.78 is 0. The Labute approximate surface area is 47.7 Å². The van der Waals surface area contributed by atoms with Gasteiger partial charge in [-0.2, -0.15) is 0 Å². The number of aliphatic hydroxyl groups is 2. The Morgan fingerprint density at radius 3 is 2.62 bits per heavy atom. The SMILES string of the molecule is OC1C=NCCC1O. The van der Waals surface area contributed by atoms with Crippen LogP contribution in [0.4, 0.5) is 0 Å². The zero-order valence-corrected chi connectivity index (χ0v) is 4.49. The molecule has 0 radical (unpaired) electrons. The summed E-state index contributed by atoms with van der Waals surface area (Å²) in [4.78, 5) is 3.77. The standard InChI is InChI=1S/C5H9NO2/c7-4-1-2-6-3-5(4)8/h3-5,7-8H,1-2H2. The van der Waals surface area contributed by atoms with Crippen molar-refractivity contribution in [1.29, 1.82) is 0 Å². The maximum absolute atomic E-state index is 8.84. The summed E-state index contributed by atoms with van der Waals surface area (Å²) in [5.41, 5.74) is 0. The van der Waals surface area contributed by atoms with Crippen molar-refractivity contribution in [3.05, 3.63) is 0 Å². The molecule has 0 aromatic carbocycles. The van der Waals surface area contributed by atoms with E-state index in [1.165, 1.54) is 6.21 Å². The van der Waals surface area contributed by atoms with Crippen molar-refractivity contribution in [3.8, 4) is 0 Å². The molecule has 0 fully saturated rings. The third-order valence-electron chi connectivity index (χ3n) is 1.21. The first kappa shape index (κ1) is 5.72. The molecule has 3 nitrogen and oxygen atoms in total. The second-order valence-electron chi connectivity index (χ2n) is 1.90. The number of aliphatic hydroxyl groups excluding tert-OH is 2.